The van der Waals surface area contributed by atoms with Crippen molar-refractivity contribution in [3.63, 3.8) is 0 Å². The molecule has 1 unspecified atom stereocenters. The maximum absolute atomic E-state index is 12.6. The lowest BCUT2D eigenvalue weighted by molar-refractivity contribution is -0.115. The second kappa shape index (κ2) is 8.48. The van der Waals surface area contributed by atoms with Crippen molar-refractivity contribution in [3.05, 3.63) is 48.5 Å². The fraction of sp³-hybridized carbons (Fsp3) is 0.278. The fourth-order valence-electron chi connectivity index (χ4n) is 2.10. The molecule has 4 nitrogen and oxygen atoms in total. The van der Waals surface area contributed by atoms with Crippen molar-refractivity contribution in [2.75, 3.05) is 17.7 Å². The molecule has 0 heterocycles. The van der Waals surface area contributed by atoms with Crippen LogP contribution in [-0.4, -0.2) is 17.8 Å². The quantitative estimate of drug-likeness (QED) is 0.590. The highest BCUT2D eigenvalue weighted by Gasteiger charge is 2.19. The Balaban J connectivity index is 2.06. The standard InChI is InChI=1S/C18H22N2O2S/c1-3-17(23-14-11-9-13(19)10-12-14)18(21)20-15-7-5-6-8-16(15)22-4-2/h5-12,17H,3-4,19H2,1-2H3,(H,20,21). The molecule has 0 aromatic heterocycles. The lowest BCUT2D eigenvalue weighted by Crippen LogP contribution is -2.24. The zero-order chi connectivity index (χ0) is 16.7. The smallest absolute Gasteiger partial charge is 0.237 e. The number of carbonyl (C=O) groups excluding carboxylic acids is 1. The molecule has 2 aromatic rings. The van der Waals surface area contributed by atoms with Crippen molar-refractivity contribution in [2.45, 2.75) is 30.4 Å². The van der Waals surface area contributed by atoms with E-state index in [1.807, 2.05) is 62.4 Å². The van der Waals surface area contributed by atoms with Gasteiger partial charge in [-0.3, -0.25) is 4.79 Å². The first-order chi connectivity index (χ1) is 11.1. The molecule has 0 bridgehead atoms. The van der Waals surface area contributed by atoms with Crippen molar-refractivity contribution in [1.29, 1.82) is 0 Å². The molecule has 1 amide bonds. The molecule has 0 spiro atoms. The fourth-order valence-corrected chi connectivity index (χ4v) is 3.05. The van der Waals surface area contributed by atoms with Crippen LogP contribution in [0.3, 0.4) is 0 Å². The molecule has 0 saturated heterocycles. The van der Waals surface area contributed by atoms with E-state index in [9.17, 15) is 4.79 Å². The number of para-hydroxylation sites is 2. The minimum atomic E-state index is -0.173. The number of nitrogen functional groups attached to an aromatic ring is 1. The van der Waals surface area contributed by atoms with Crippen LogP contribution in [0.5, 0.6) is 5.75 Å². The molecule has 0 aliphatic carbocycles. The van der Waals surface area contributed by atoms with Crippen molar-refractivity contribution in [1.82, 2.24) is 0 Å². The number of rotatable bonds is 7. The molecule has 2 rings (SSSR count). The van der Waals surface area contributed by atoms with E-state index in [0.717, 1.165) is 17.0 Å². The van der Waals surface area contributed by atoms with Crippen LogP contribution in [-0.2, 0) is 4.79 Å². The number of thioether (sulfide) groups is 1. The Morgan fingerprint density at radius 1 is 1.17 bits per heavy atom. The van der Waals surface area contributed by atoms with Crippen molar-refractivity contribution in [3.8, 4) is 5.75 Å². The van der Waals surface area contributed by atoms with Gasteiger partial charge in [0.15, 0.2) is 0 Å². The van der Waals surface area contributed by atoms with Crippen molar-refractivity contribution in [2.24, 2.45) is 0 Å². The highest BCUT2D eigenvalue weighted by Crippen LogP contribution is 2.29. The third-order valence-electron chi connectivity index (χ3n) is 3.27. The number of nitrogens with one attached hydrogen (secondary N) is 1. The summed E-state index contributed by atoms with van der Waals surface area (Å²) < 4.78 is 5.55. The number of hydrogen-bond acceptors (Lipinski definition) is 4. The highest BCUT2D eigenvalue weighted by atomic mass is 32.2. The van der Waals surface area contributed by atoms with Gasteiger partial charge in [-0.25, -0.2) is 0 Å². The average molecular weight is 330 g/mol. The predicted octanol–water partition coefficient (Wildman–Crippen LogP) is 4.18. The lowest BCUT2D eigenvalue weighted by atomic mass is 10.2. The second-order valence-electron chi connectivity index (χ2n) is 5.00. The summed E-state index contributed by atoms with van der Waals surface area (Å²) in [6, 6.07) is 15.0. The van der Waals surface area contributed by atoms with E-state index < -0.39 is 0 Å². The normalized spacial score (nSPS) is 11.7. The van der Waals surface area contributed by atoms with Crippen LogP contribution >= 0.6 is 11.8 Å². The molecule has 0 aliphatic rings. The maximum Gasteiger partial charge on any atom is 0.237 e. The van der Waals surface area contributed by atoms with Crippen LogP contribution in [0.4, 0.5) is 11.4 Å². The molecule has 3 N–H and O–H groups in total. The molecule has 122 valence electrons. The zero-order valence-electron chi connectivity index (χ0n) is 13.4. The summed E-state index contributed by atoms with van der Waals surface area (Å²) in [6.45, 7) is 4.48. The molecular formula is C18H22N2O2S. The molecule has 0 aliphatic heterocycles. The molecule has 2 aromatic carbocycles. The van der Waals surface area contributed by atoms with Gasteiger partial charge in [-0.1, -0.05) is 19.1 Å². The van der Waals surface area contributed by atoms with Gasteiger partial charge >= 0.3 is 0 Å². The number of hydrogen-bond donors (Lipinski definition) is 2. The molecule has 1 atom stereocenters. The number of carbonyl (C=O) groups is 1. The Morgan fingerprint density at radius 3 is 2.52 bits per heavy atom. The summed E-state index contributed by atoms with van der Waals surface area (Å²) >= 11 is 1.54. The summed E-state index contributed by atoms with van der Waals surface area (Å²) in [5.41, 5.74) is 7.12. The van der Waals surface area contributed by atoms with Crippen LogP contribution in [0.2, 0.25) is 0 Å². The van der Waals surface area contributed by atoms with Gasteiger partial charge in [0.05, 0.1) is 17.5 Å². The first kappa shape index (κ1) is 17.2. The minimum absolute atomic E-state index is 0.0264. The van der Waals surface area contributed by atoms with Gasteiger partial charge in [-0.05, 0) is 49.7 Å². The third kappa shape index (κ3) is 4.93. The average Bonchev–Trinajstić information content (AvgIpc) is 2.56. The Labute approximate surface area is 141 Å². The van der Waals surface area contributed by atoms with E-state index >= 15 is 0 Å². The second-order valence-corrected chi connectivity index (χ2v) is 6.28. The zero-order valence-corrected chi connectivity index (χ0v) is 14.2. The predicted molar refractivity (Wildman–Crippen MR) is 97.0 cm³/mol. The van der Waals surface area contributed by atoms with Gasteiger partial charge in [0.1, 0.15) is 5.75 Å². The number of amides is 1. The monoisotopic (exact) mass is 330 g/mol. The molecule has 5 heteroatoms. The number of benzene rings is 2. The SMILES string of the molecule is CCOc1ccccc1NC(=O)C(CC)Sc1ccc(N)cc1. The Bertz CT molecular complexity index is 644. The molecule has 0 radical (unpaired) electrons. The summed E-state index contributed by atoms with van der Waals surface area (Å²) in [5.74, 6) is 0.664. The summed E-state index contributed by atoms with van der Waals surface area (Å²) in [7, 11) is 0. The van der Waals surface area contributed by atoms with Crippen LogP contribution < -0.4 is 15.8 Å². The molecular weight excluding hydrogens is 308 g/mol. The number of nitrogens with two attached hydrogens (primary N) is 1. The van der Waals surface area contributed by atoms with E-state index in [0.29, 0.717) is 18.0 Å². The summed E-state index contributed by atoms with van der Waals surface area (Å²) in [5, 5.41) is 2.80. The van der Waals surface area contributed by atoms with E-state index in [4.69, 9.17) is 10.5 Å². The largest absolute Gasteiger partial charge is 0.492 e. The van der Waals surface area contributed by atoms with Gasteiger partial charge in [-0.15, -0.1) is 11.8 Å². The van der Waals surface area contributed by atoms with E-state index in [1.54, 1.807) is 0 Å². The van der Waals surface area contributed by atoms with Crippen LogP contribution in [0.25, 0.3) is 0 Å². The molecule has 0 fully saturated rings. The lowest BCUT2D eigenvalue weighted by Gasteiger charge is -2.16. The van der Waals surface area contributed by atoms with Crippen LogP contribution in [0.1, 0.15) is 20.3 Å². The van der Waals surface area contributed by atoms with Gasteiger partial charge < -0.3 is 15.8 Å². The van der Waals surface area contributed by atoms with Gasteiger partial charge in [0.2, 0.25) is 5.91 Å². The summed E-state index contributed by atoms with van der Waals surface area (Å²) in [4.78, 5) is 13.6. The summed E-state index contributed by atoms with van der Waals surface area (Å²) in [6.07, 6.45) is 0.734. The van der Waals surface area contributed by atoms with E-state index in [-0.39, 0.29) is 11.2 Å². The van der Waals surface area contributed by atoms with Crippen molar-refractivity contribution < 1.29 is 9.53 Å². The highest BCUT2D eigenvalue weighted by molar-refractivity contribution is 8.00. The minimum Gasteiger partial charge on any atom is -0.492 e. The van der Waals surface area contributed by atoms with Gasteiger partial charge in [0.25, 0.3) is 0 Å². The Morgan fingerprint density at radius 2 is 1.87 bits per heavy atom. The first-order valence-electron chi connectivity index (χ1n) is 7.69. The van der Waals surface area contributed by atoms with Gasteiger partial charge in [0, 0.05) is 10.6 Å². The number of anilines is 2. The number of ether oxygens (including phenoxy) is 1. The Kier molecular flexibility index (Phi) is 6.35. The topological polar surface area (TPSA) is 64.3 Å². The maximum atomic E-state index is 12.6. The van der Waals surface area contributed by atoms with Crippen molar-refractivity contribution >= 4 is 29.0 Å². The van der Waals surface area contributed by atoms with Crippen LogP contribution in [0, 0.1) is 0 Å². The van der Waals surface area contributed by atoms with Crippen LogP contribution in [0.15, 0.2) is 53.4 Å². The van der Waals surface area contributed by atoms with E-state index in [2.05, 4.69) is 5.32 Å². The van der Waals surface area contributed by atoms with Gasteiger partial charge in [-0.2, -0.15) is 0 Å². The third-order valence-corrected chi connectivity index (χ3v) is 4.64. The molecule has 0 saturated carbocycles. The Hall–Kier alpha value is -2.14. The first-order valence-corrected chi connectivity index (χ1v) is 8.56. The molecule has 23 heavy (non-hydrogen) atoms. The van der Waals surface area contributed by atoms with E-state index in [1.165, 1.54) is 11.8 Å².